The number of hydrogen-bond acceptors (Lipinski definition) is 4. The summed E-state index contributed by atoms with van der Waals surface area (Å²) in [5, 5.41) is 0.315. The van der Waals surface area contributed by atoms with Crippen LogP contribution >= 0.6 is 11.3 Å². The van der Waals surface area contributed by atoms with E-state index in [-0.39, 0.29) is 11.4 Å². The molecular formula is C10H15F3N2OS. The fourth-order valence-corrected chi connectivity index (χ4v) is 2.48. The normalized spacial score (nSPS) is 15.9. The molecule has 0 saturated heterocycles. The molecule has 7 heteroatoms. The number of ether oxygens (including phenoxy) is 1. The van der Waals surface area contributed by atoms with E-state index in [0.29, 0.717) is 11.4 Å². The van der Waals surface area contributed by atoms with E-state index in [1.54, 1.807) is 6.92 Å². The van der Waals surface area contributed by atoms with Gasteiger partial charge in [-0.1, -0.05) is 6.92 Å². The second-order valence-electron chi connectivity index (χ2n) is 3.78. The third kappa shape index (κ3) is 2.78. The Bertz CT molecular complexity index is 385. The summed E-state index contributed by atoms with van der Waals surface area (Å²) in [5.74, 6) is 0. The number of rotatable bonds is 4. The Morgan fingerprint density at radius 1 is 1.41 bits per heavy atom. The molecule has 0 aliphatic carbocycles. The molecule has 0 aromatic carbocycles. The van der Waals surface area contributed by atoms with Gasteiger partial charge in [0.2, 0.25) is 0 Å². The Balaban J connectivity index is 3.26. The highest BCUT2D eigenvalue weighted by Crippen LogP contribution is 2.39. The first-order valence-electron chi connectivity index (χ1n) is 5.11. The summed E-state index contributed by atoms with van der Waals surface area (Å²) in [7, 11) is 1.46. The highest BCUT2D eigenvalue weighted by Gasteiger charge is 2.39. The first-order valence-corrected chi connectivity index (χ1v) is 5.92. The Hall–Kier alpha value is -0.660. The summed E-state index contributed by atoms with van der Waals surface area (Å²) in [6, 6.07) is 0. The second-order valence-corrected chi connectivity index (χ2v) is 4.86. The van der Waals surface area contributed by atoms with Crippen LogP contribution in [0.3, 0.4) is 0 Å². The molecule has 0 radical (unpaired) electrons. The maximum Gasteiger partial charge on any atom is 0.434 e. The first kappa shape index (κ1) is 14.4. The van der Waals surface area contributed by atoms with Crippen LogP contribution in [0.4, 0.5) is 13.2 Å². The predicted octanol–water partition coefficient (Wildman–Crippen LogP) is 2.89. The number of nitrogens with two attached hydrogens (primary N) is 1. The molecule has 1 aromatic heterocycles. The molecule has 0 aliphatic heterocycles. The van der Waals surface area contributed by atoms with Crippen LogP contribution in [0.15, 0.2) is 0 Å². The van der Waals surface area contributed by atoms with E-state index in [1.165, 1.54) is 7.11 Å². The molecule has 1 rings (SSSR count). The van der Waals surface area contributed by atoms with Crippen LogP contribution in [0.5, 0.6) is 0 Å². The van der Waals surface area contributed by atoms with E-state index in [9.17, 15) is 13.2 Å². The van der Waals surface area contributed by atoms with Crippen molar-refractivity contribution in [2.24, 2.45) is 5.73 Å². The fourth-order valence-electron chi connectivity index (χ4n) is 1.32. The second kappa shape index (κ2) is 4.91. The molecule has 0 bridgehead atoms. The SMILES string of the molecule is CCC(C)(OC)c1nc(C(F)(F)F)c(CN)s1. The lowest BCUT2D eigenvalue weighted by Crippen LogP contribution is -2.23. The number of aromatic nitrogens is 1. The Morgan fingerprint density at radius 2 is 2.00 bits per heavy atom. The van der Waals surface area contributed by atoms with Crippen LogP contribution in [-0.2, 0) is 23.1 Å². The van der Waals surface area contributed by atoms with Crippen LogP contribution in [0.25, 0.3) is 0 Å². The summed E-state index contributed by atoms with van der Waals surface area (Å²) >= 11 is 0.961. The molecular weight excluding hydrogens is 253 g/mol. The van der Waals surface area contributed by atoms with Gasteiger partial charge in [0.25, 0.3) is 0 Å². The number of nitrogens with zero attached hydrogens (tertiary/aromatic N) is 1. The predicted molar refractivity (Wildman–Crippen MR) is 59.7 cm³/mol. The van der Waals surface area contributed by atoms with Crippen molar-refractivity contribution in [3.63, 3.8) is 0 Å². The van der Waals surface area contributed by atoms with E-state index in [2.05, 4.69) is 4.98 Å². The molecule has 2 N–H and O–H groups in total. The van der Waals surface area contributed by atoms with Crippen LogP contribution in [0, 0.1) is 0 Å². The van der Waals surface area contributed by atoms with Crippen molar-refractivity contribution in [2.75, 3.05) is 7.11 Å². The summed E-state index contributed by atoms with van der Waals surface area (Å²) in [6.45, 7) is 3.38. The van der Waals surface area contributed by atoms with Gasteiger partial charge in [-0.3, -0.25) is 0 Å². The number of methoxy groups -OCH3 is 1. The molecule has 98 valence electrons. The van der Waals surface area contributed by atoms with Gasteiger partial charge in [-0.25, -0.2) is 4.98 Å². The largest absolute Gasteiger partial charge is 0.434 e. The highest BCUT2D eigenvalue weighted by atomic mass is 32.1. The summed E-state index contributed by atoms with van der Waals surface area (Å²) in [6.07, 6.45) is -3.93. The molecule has 17 heavy (non-hydrogen) atoms. The maximum absolute atomic E-state index is 12.7. The van der Waals surface area contributed by atoms with Crippen LogP contribution in [0.1, 0.15) is 35.8 Å². The Kier molecular flexibility index (Phi) is 4.16. The molecule has 0 fully saturated rings. The molecule has 0 amide bonds. The van der Waals surface area contributed by atoms with Crippen molar-refractivity contribution in [2.45, 2.75) is 38.6 Å². The molecule has 0 saturated carbocycles. The smallest absolute Gasteiger partial charge is 0.371 e. The van der Waals surface area contributed by atoms with Gasteiger partial charge in [-0.05, 0) is 13.3 Å². The molecule has 1 aromatic rings. The first-order chi connectivity index (χ1) is 7.78. The average molecular weight is 268 g/mol. The van der Waals surface area contributed by atoms with Gasteiger partial charge in [-0.15, -0.1) is 11.3 Å². The topological polar surface area (TPSA) is 48.1 Å². The zero-order chi connectivity index (χ0) is 13.3. The molecule has 1 heterocycles. The minimum Gasteiger partial charge on any atom is -0.371 e. The van der Waals surface area contributed by atoms with Gasteiger partial charge < -0.3 is 10.5 Å². The van der Waals surface area contributed by atoms with Gasteiger partial charge in [0.05, 0.1) is 4.88 Å². The monoisotopic (exact) mass is 268 g/mol. The van der Waals surface area contributed by atoms with Crippen molar-refractivity contribution in [1.82, 2.24) is 4.98 Å². The summed E-state index contributed by atoms with van der Waals surface area (Å²) in [5.41, 5.74) is 3.63. The summed E-state index contributed by atoms with van der Waals surface area (Å²) in [4.78, 5) is 3.70. The Morgan fingerprint density at radius 3 is 2.29 bits per heavy atom. The third-order valence-electron chi connectivity index (χ3n) is 2.73. The van der Waals surface area contributed by atoms with E-state index in [1.807, 2.05) is 6.92 Å². The number of hydrogen-bond donors (Lipinski definition) is 1. The van der Waals surface area contributed by atoms with E-state index in [0.717, 1.165) is 11.3 Å². The van der Waals surface area contributed by atoms with E-state index < -0.39 is 17.5 Å². The average Bonchev–Trinajstić information content (AvgIpc) is 2.72. The number of thiazole rings is 1. The van der Waals surface area contributed by atoms with Crippen LogP contribution in [0.2, 0.25) is 0 Å². The van der Waals surface area contributed by atoms with Gasteiger partial charge in [0.1, 0.15) is 10.6 Å². The van der Waals surface area contributed by atoms with Crippen molar-refractivity contribution in [3.05, 3.63) is 15.6 Å². The van der Waals surface area contributed by atoms with Gasteiger partial charge in [0, 0.05) is 13.7 Å². The molecule has 1 atom stereocenters. The quantitative estimate of drug-likeness (QED) is 0.913. The van der Waals surface area contributed by atoms with Crippen molar-refractivity contribution in [1.29, 1.82) is 0 Å². The summed E-state index contributed by atoms with van der Waals surface area (Å²) < 4.78 is 43.3. The Labute approximate surface area is 102 Å². The fraction of sp³-hybridized carbons (Fsp3) is 0.700. The van der Waals surface area contributed by atoms with E-state index >= 15 is 0 Å². The third-order valence-corrected chi connectivity index (χ3v) is 4.05. The minimum atomic E-state index is -4.47. The van der Waals surface area contributed by atoms with Crippen molar-refractivity contribution in [3.8, 4) is 0 Å². The van der Waals surface area contributed by atoms with Gasteiger partial charge in [0.15, 0.2) is 5.69 Å². The molecule has 0 aliphatic rings. The van der Waals surface area contributed by atoms with Crippen molar-refractivity contribution < 1.29 is 17.9 Å². The molecule has 0 spiro atoms. The number of alkyl halides is 3. The van der Waals surface area contributed by atoms with Crippen molar-refractivity contribution >= 4 is 11.3 Å². The van der Waals surface area contributed by atoms with E-state index in [4.69, 9.17) is 10.5 Å². The number of halogens is 3. The van der Waals surface area contributed by atoms with Gasteiger partial charge in [-0.2, -0.15) is 13.2 Å². The highest BCUT2D eigenvalue weighted by molar-refractivity contribution is 7.11. The molecule has 3 nitrogen and oxygen atoms in total. The lowest BCUT2D eigenvalue weighted by molar-refractivity contribution is -0.141. The maximum atomic E-state index is 12.7. The zero-order valence-electron chi connectivity index (χ0n) is 9.89. The van der Waals surface area contributed by atoms with Gasteiger partial charge >= 0.3 is 6.18 Å². The minimum absolute atomic E-state index is 0.0456. The molecule has 1 unspecified atom stereocenters. The van der Waals surface area contributed by atoms with Crippen LogP contribution in [-0.4, -0.2) is 12.1 Å². The lowest BCUT2D eigenvalue weighted by atomic mass is 10.1. The van der Waals surface area contributed by atoms with Crippen LogP contribution < -0.4 is 5.73 Å². The standard InChI is InChI=1S/C10H15F3N2OS/c1-4-9(2,16-3)8-15-7(10(11,12)13)6(5-14)17-8/h4-5,14H2,1-3H3. The lowest BCUT2D eigenvalue weighted by Gasteiger charge is -2.23. The zero-order valence-corrected chi connectivity index (χ0v) is 10.7.